The first-order valence-electron chi connectivity index (χ1n) is 9.45. The highest BCUT2D eigenvalue weighted by molar-refractivity contribution is 6.00. The van der Waals surface area contributed by atoms with Crippen molar-refractivity contribution in [2.45, 2.75) is 13.8 Å². The summed E-state index contributed by atoms with van der Waals surface area (Å²) in [5, 5.41) is 8.82. The third-order valence-electron chi connectivity index (χ3n) is 4.50. The van der Waals surface area contributed by atoms with Crippen LogP contribution in [0.2, 0.25) is 0 Å². The summed E-state index contributed by atoms with van der Waals surface area (Å²) in [6.45, 7) is 3.96. The summed E-state index contributed by atoms with van der Waals surface area (Å²) >= 11 is 0. The molecule has 0 atom stereocenters. The fourth-order valence-electron chi connectivity index (χ4n) is 2.85. The van der Waals surface area contributed by atoms with Gasteiger partial charge in [0.2, 0.25) is 0 Å². The van der Waals surface area contributed by atoms with Gasteiger partial charge in [0.05, 0.1) is 6.20 Å². The highest BCUT2D eigenvalue weighted by Gasteiger charge is 2.10. The van der Waals surface area contributed by atoms with Gasteiger partial charge in [-0.2, -0.15) is 0 Å². The van der Waals surface area contributed by atoms with Crippen LogP contribution < -0.4 is 16.0 Å². The second-order valence-electron chi connectivity index (χ2n) is 6.87. The average molecular weight is 399 g/mol. The standard InChI is InChI=1S/C23H21N5O2/c1-15-5-8-18(9-6-15)26-22(29)27-19-10-7-16(2)20(12-19)28-23-25-14-21(30-23)17-4-3-11-24-13-17/h3-14H,1-2H3,(H,25,28)(H2,26,27,29). The van der Waals surface area contributed by atoms with Gasteiger partial charge in [-0.1, -0.05) is 23.8 Å². The molecule has 3 N–H and O–H groups in total. The molecule has 0 bridgehead atoms. The van der Waals surface area contributed by atoms with Crippen LogP contribution in [0.5, 0.6) is 0 Å². The van der Waals surface area contributed by atoms with Crippen molar-refractivity contribution in [2.24, 2.45) is 0 Å². The fourth-order valence-corrected chi connectivity index (χ4v) is 2.85. The molecule has 30 heavy (non-hydrogen) atoms. The van der Waals surface area contributed by atoms with E-state index in [-0.39, 0.29) is 6.03 Å². The van der Waals surface area contributed by atoms with Crippen molar-refractivity contribution >= 4 is 29.1 Å². The largest absolute Gasteiger partial charge is 0.423 e. The van der Waals surface area contributed by atoms with E-state index in [1.165, 1.54) is 0 Å². The molecular weight excluding hydrogens is 378 g/mol. The first-order valence-corrected chi connectivity index (χ1v) is 9.45. The SMILES string of the molecule is Cc1ccc(NC(=O)Nc2ccc(C)c(Nc3ncc(-c4cccnc4)o3)c2)cc1. The average Bonchev–Trinajstić information content (AvgIpc) is 3.21. The molecule has 0 saturated heterocycles. The van der Waals surface area contributed by atoms with Crippen LogP contribution in [0.15, 0.2) is 77.6 Å². The maximum Gasteiger partial charge on any atom is 0.323 e. The Morgan fingerprint density at radius 1 is 0.933 bits per heavy atom. The van der Waals surface area contributed by atoms with Gasteiger partial charge in [-0.3, -0.25) is 4.98 Å². The van der Waals surface area contributed by atoms with E-state index in [1.54, 1.807) is 18.6 Å². The van der Waals surface area contributed by atoms with Crippen molar-refractivity contribution < 1.29 is 9.21 Å². The topological polar surface area (TPSA) is 92.1 Å². The van der Waals surface area contributed by atoms with Crippen molar-refractivity contribution in [3.63, 3.8) is 0 Å². The number of rotatable bonds is 5. The summed E-state index contributed by atoms with van der Waals surface area (Å²) in [4.78, 5) is 20.7. The number of hydrogen-bond acceptors (Lipinski definition) is 5. The molecule has 150 valence electrons. The lowest BCUT2D eigenvalue weighted by atomic mass is 10.2. The van der Waals surface area contributed by atoms with E-state index in [9.17, 15) is 4.79 Å². The van der Waals surface area contributed by atoms with Gasteiger partial charge in [0, 0.05) is 35.0 Å². The summed E-state index contributed by atoms with van der Waals surface area (Å²) < 4.78 is 5.78. The number of amides is 2. The lowest BCUT2D eigenvalue weighted by Gasteiger charge is -2.11. The van der Waals surface area contributed by atoms with Crippen molar-refractivity contribution in [2.75, 3.05) is 16.0 Å². The molecule has 0 spiro atoms. The van der Waals surface area contributed by atoms with Crippen molar-refractivity contribution in [3.8, 4) is 11.3 Å². The fraction of sp³-hybridized carbons (Fsp3) is 0.0870. The van der Waals surface area contributed by atoms with Gasteiger partial charge >= 0.3 is 6.03 Å². The van der Waals surface area contributed by atoms with Crippen molar-refractivity contribution in [3.05, 3.63) is 84.3 Å². The van der Waals surface area contributed by atoms with Gasteiger partial charge in [0.1, 0.15) is 0 Å². The lowest BCUT2D eigenvalue weighted by Crippen LogP contribution is -2.19. The zero-order valence-corrected chi connectivity index (χ0v) is 16.6. The molecule has 2 amide bonds. The molecule has 0 aliphatic heterocycles. The Morgan fingerprint density at radius 3 is 2.47 bits per heavy atom. The molecule has 0 aliphatic carbocycles. The van der Waals surface area contributed by atoms with Gasteiger partial charge in [0.15, 0.2) is 5.76 Å². The monoisotopic (exact) mass is 399 g/mol. The molecule has 0 unspecified atom stereocenters. The van der Waals surface area contributed by atoms with Crippen LogP contribution in [0.4, 0.5) is 27.9 Å². The number of oxazole rings is 1. The van der Waals surface area contributed by atoms with E-state index < -0.39 is 0 Å². The van der Waals surface area contributed by atoms with Crippen LogP contribution in [0.25, 0.3) is 11.3 Å². The number of nitrogens with one attached hydrogen (secondary N) is 3. The molecule has 2 heterocycles. The molecule has 0 aliphatic rings. The molecule has 7 nitrogen and oxygen atoms in total. The zero-order valence-electron chi connectivity index (χ0n) is 16.6. The number of nitrogens with zero attached hydrogens (tertiary/aromatic N) is 2. The van der Waals surface area contributed by atoms with Crippen LogP contribution in [-0.2, 0) is 0 Å². The Morgan fingerprint density at radius 2 is 1.70 bits per heavy atom. The third-order valence-corrected chi connectivity index (χ3v) is 4.50. The van der Waals surface area contributed by atoms with Gasteiger partial charge in [-0.15, -0.1) is 0 Å². The second kappa shape index (κ2) is 8.48. The van der Waals surface area contributed by atoms with E-state index >= 15 is 0 Å². The molecule has 7 heteroatoms. The number of benzene rings is 2. The summed E-state index contributed by atoms with van der Waals surface area (Å²) in [6, 6.07) is 17.0. The smallest absolute Gasteiger partial charge is 0.323 e. The van der Waals surface area contributed by atoms with Crippen LogP contribution in [0, 0.1) is 13.8 Å². The molecule has 4 aromatic rings. The Hall–Kier alpha value is -4.13. The molecule has 0 radical (unpaired) electrons. The minimum Gasteiger partial charge on any atom is -0.423 e. The summed E-state index contributed by atoms with van der Waals surface area (Å²) in [5.41, 5.74) is 5.12. The van der Waals surface area contributed by atoms with Gasteiger partial charge in [-0.05, 0) is 55.8 Å². The highest BCUT2D eigenvalue weighted by Crippen LogP contribution is 2.27. The van der Waals surface area contributed by atoms with E-state index in [2.05, 4.69) is 25.9 Å². The molecule has 2 aromatic heterocycles. The summed E-state index contributed by atoms with van der Waals surface area (Å²) in [5.74, 6) is 0.620. The Balaban J connectivity index is 1.45. The van der Waals surface area contributed by atoms with Crippen LogP contribution in [0.3, 0.4) is 0 Å². The molecule has 0 fully saturated rings. The number of hydrogen-bond donors (Lipinski definition) is 3. The normalized spacial score (nSPS) is 10.5. The minimum atomic E-state index is -0.316. The van der Waals surface area contributed by atoms with Gasteiger partial charge < -0.3 is 20.4 Å². The Labute approximate surface area is 174 Å². The highest BCUT2D eigenvalue weighted by atomic mass is 16.4. The minimum absolute atomic E-state index is 0.316. The predicted molar refractivity (Wildman–Crippen MR) is 118 cm³/mol. The summed E-state index contributed by atoms with van der Waals surface area (Å²) in [6.07, 6.45) is 5.06. The number of aryl methyl sites for hydroxylation is 2. The van der Waals surface area contributed by atoms with Crippen LogP contribution in [0.1, 0.15) is 11.1 Å². The maximum atomic E-state index is 12.3. The number of carbonyl (C=O) groups is 1. The molecule has 4 rings (SSSR count). The number of carbonyl (C=O) groups excluding carboxylic acids is 1. The van der Waals surface area contributed by atoms with E-state index in [0.717, 1.165) is 28.1 Å². The van der Waals surface area contributed by atoms with Crippen molar-refractivity contribution in [1.29, 1.82) is 0 Å². The quantitative estimate of drug-likeness (QED) is 0.398. The predicted octanol–water partition coefficient (Wildman–Crippen LogP) is 5.74. The van der Waals surface area contributed by atoms with Gasteiger partial charge in [0.25, 0.3) is 6.01 Å². The Bertz CT molecular complexity index is 1150. The number of anilines is 4. The van der Waals surface area contributed by atoms with Crippen LogP contribution in [-0.4, -0.2) is 16.0 Å². The van der Waals surface area contributed by atoms with Gasteiger partial charge in [-0.25, -0.2) is 9.78 Å². The number of pyridine rings is 1. The first kappa shape index (κ1) is 19.2. The van der Waals surface area contributed by atoms with Crippen molar-refractivity contribution in [1.82, 2.24) is 9.97 Å². The zero-order chi connectivity index (χ0) is 20.9. The lowest BCUT2D eigenvalue weighted by molar-refractivity contribution is 0.262. The Kier molecular flexibility index (Phi) is 5.43. The van der Waals surface area contributed by atoms with E-state index in [4.69, 9.17) is 4.42 Å². The summed E-state index contributed by atoms with van der Waals surface area (Å²) in [7, 11) is 0. The molecule has 2 aromatic carbocycles. The van der Waals surface area contributed by atoms with E-state index in [0.29, 0.717) is 17.5 Å². The maximum absolute atomic E-state index is 12.3. The third kappa shape index (κ3) is 4.64. The molecule has 0 saturated carbocycles. The number of urea groups is 1. The first-order chi connectivity index (χ1) is 14.6. The van der Waals surface area contributed by atoms with Crippen LogP contribution >= 0.6 is 0 Å². The second-order valence-corrected chi connectivity index (χ2v) is 6.87. The number of aromatic nitrogens is 2. The van der Waals surface area contributed by atoms with E-state index in [1.807, 2.05) is 68.4 Å². The molecular formula is C23H21N5O2.